The van der Waals surface area contributed by atoms with E-state index in [2.05, 4.69) is 14.6 Å². The quantitative estimate of drug-likeness (QED) is 0.810. The summed E-state index contributed by atoms with van der Waals surface area (Å²) in [6, 6.07) is 2.96. The van der Waals surface area contributed by atoms with Crippen molar-refractivity contribution in [1.82, 2.24) is 14.6 Å². The Morgan fingerprint density at radius 2 is 2.11 bits per heavy atom. The van der Waals surface area contributed by atoms with Crippen LogP contribution in [0.25, 0.3) is 0 Å². The fraction of sp³-hybridized carbons (Fsp3) is 0.583. The first-order valence-electron chi connectivity index (χ1n) is 6.28. The molecule has 0 bridgehead atoms. The van der Waals surface area contributed by atoms with Crippen molar-refractivity contribution in [3.05, 3.63) is 23.9 Å². The van der Waals surface area contributed by atoms with E-state index >= 15 is 0 Å². The molecule has 1 fully saturated rings. The minimum absolute atomic E-state index is 0.00336. The highest BCUT2D eigenvalue weighted by Crippen LogP contribution is 2.13. The number of pyridine rings is 1. The van der Waals surface area contributed by atoms with Crippen LogP contribution in [-0.4, -0.2) is 49.6 Å². The fourth-order valence-corrected chi connectivity index (χ4v) is 3.30. The van der Waals surface area contributed by atoms with Crippen molar-refractivity contribution >= 4 is 10.0 Å². The van der Waals surface area contributed by atoms with Crippen molar-refractivity contribution in [3.63, 3.8) is 0 Å². The third kappa shape index (κ3) is 3.73. The molecule has 2 heterocycles. The van der Waals surface area contributed by atoms with Gasteiger partial charge in [-0.05, 0) is 44.6 Å². The van der Waals surface area contributed by atoms with E-state index in [1.807, 2.05) is 7.05 Å². The third-order valence-corrected chi connectivity index (χ3v) is 4.73. The van der Waals surface area contributed by atoms with Gasteiger partial charge in [-0.25, -0.2) is 18.1 Å². The largest absolute Gasteiger partial charge is 0.392 e. The normalized spacial score (nSPS) is 18.6. The molecule has 1 saturated heterocycles. The summed E-state index contributed by atoms with van der Waals surface area (Å²) < 4.78 is 27.0. The molecular weight excluding hydrogens is 266 g/mol. The lowest BCUT2D eigenvalue weighted by Crippen LogP contribution is -2.43. The van der Waals surface area contributed by atoms with Crippen LogP contribution in [-0.2, 0) is 16.6 Å². The highest BCUT2D eigenvalue weighted by molar-refractivity contribution is 7.89. The maximum absolute atomic E-state index is 12.1. The van der Waals surface area contributed by atoms with Crippen molar-refractivity contribution in [2.24, 2.45) is 0 Å². The lowest BCUT2D eigenvalue weighted by Gasteiger charge is -2.29. The molecule has 6 nitrogen and oxygen atoms in total. The maximum Gasteiger partial charge on any atom is 0.258 e. The Hall–Kier alpha value is -1.02. The Morgan fingerprint density at radius 1 is 1.42 bits per heavy atom. The van der Waals surface area contributed by atoms with Crippen LogP contribution in [0.15, 0.2) is 23.4 Å². The summed E-state index contributed by atoms with van der Waals surface area (Å²) in [6.45, 7) is 1.64. The highest BCUT2D eigenvalue weighted by Gasteiger charge is 2.24. The molecule has 0 aliphatic carbocycles. The molecule has 19 heavy (non-hydrogen) atoms. The topological polar surface area (TPSA) is 82.5 Å². The van der Waals surface area contributed by atoms with Gasteiger partial charge in [0.2, 0.25) is 0 Å². The fourth-order valence-electron chi connectivity index (χ4n) is 2.07. The van der Waals surface area contributed by atoms with Crippen LogP contribution >= 0.6 is 0 Å². The van der Waals surface area contributed by atoms with Crippen molar-refractivity contribution in [3.8, 4) is 0 Å². The van der Waals surface area contributed by atoms with E-state index in [0.29, 0.717) is 5.56 Å². The predicted molar refractivity (Wildman–Crippen MR) is 71.0 cm³/mol. The average Bonchev–Trinajstić information content (AvgIpc) is 2.41. The van der Waals surface area contributed by atoms with E-state index < -0.39 is 10.0 Å². The van der Waals surface area contributed by atoms with Gasteiger partial charge < -0.3 is 10.0 Å². The molecule has 2 N–H and O–H groups in total. The highest BCUT2D eigenvalue weighted by atomic mass is 32.2. The minimum atomic E-state index is -3.56. The Morgan fingerprint density at radius 3 is 2.63 bits per heavy atom. The van der Waals surface area contributed by atoms with Gasteiger partial charge in [0, 0.05) is 12.2 Å². The smallest absolute Gasteiger partial charge is 0.258 e. The summed E-state index contributed by atoms with van der Waals surface area (Å²) in [6.07, 6.45) is 3.00. The number of rotatable bonds is 4. The zero-order chi connectivity index (χ0) is 13.9. The molecule has 0 radical (unpaired) electrons. The molecule has 0 spiro atoms. The monoisotopic (exact) mass is 285 g/mol. The number of nitrogens with zero attached hydrogens (tertiary/aromatic N) is 2. The first-order valence-corrected chi connectivity index (χ1v) is 7.76. The summed E-state index contributed by atoms with van der Waals surface area (Å²) in [5.41, 5.74) is 0.596. The van der Waals surface area contributed by atoms with E-state index in [-0.39, 0.29) is 17.7 Å². The molecule has 106 valence electrons. The van der Waals surface area contributed by atoms with Crippen molar-refractivity contribution in [1.29, 1.82) is 0 Å². The molecule has 1 aromatic heterocycles. The molecule has 2 rings (SSSR count). The van der Waals surface area contributed by atoms with Gasteiger partial charge in [-0.3, -0.25) is 0 Å². The summed E-state index contributed by atoms with van der Waals surface area (Å²) in [5.74, 6) is 0. The van der Waals surface area contributed by atoms with Gasteiger partial charge in [0.25, 0.3) is 10.0 Å². The third-order valence-electron chi connectivity index (χ3n) is 3.30. The molecule has 7 heteroatoms. The molecule has 0 aromatic carbocycles. The number of hydrogen-bond donors (Lipinski definition) is 2. The minimum Gasteiger partial charge on any atom is -0.392 e. The first-order chi connectivity index (χ1) is 9.01. The summed E-state index contributed by atoms with van der Waals surface area (Å²) in [4.78, 5) is 6.06. The van der Waals surface area contributed by atoms with Crippen molar-refractivity contribution < 1.29 is 13.5 Å². The number of piperidine rings is 1. The van der Waals surface area contributed by atoms with Crippen LogP contribution in [0.2, 0.25) is 0 Å². The number of sulfonamides is 1. The van der Waals surface area contributed by atoms with Crippen LogP contribution in [0.4, 0.5) is 0 Å². The second-order valence-corrected chi connectivity index (χ2v) is 6.52. The maximum atomic E-state index is 12.1. The number of nitrogens with one attached hydrogen (secondary N) is 1. The number of likely N-dealkylation sites (tertiary alicyclic amines) is 1. The Kier molecular flexibility index (Phi) is 4.51. The van der Waals surface area contributed by atoms with Crippen LogP contribution in [0.3, 0.4) is 0 Å². The molecule has 1 aliphatic heterocycles. The van der Waals surface area contributed by atoms with Crippen LogP contribution < -0.4 is 4.72 Å². The lowest BCUT2D eigenvalue weighted by molar-refractivity contribution is 0.248. The number of hydrogen-bond acceptors (Lipinski definition) is 5. The predicted octanol–water partition coefficient (Wildman–Crippen LogP) is -0.0536. The van der Waals surface area contributed by atoms with Gasteiger partial charge in [-0.15, -0.1) is 0 Å². The SMILES string of the molecule is CN1CCC(NS(=O)(=O)c2ccc(CO)cn2)CC1. The first kappa shape index (κ1) is 14.4. The Bertz CT molecular complexity index is 508. The zero-order valence-electron chi connectivity index (χ0n) is 10.9. The van der Waals surface area contributed by atoms with Crippen molar-refractivity contribution in [2.45, 2.75) is 30.5 Å². The van der Waals surface area contributed by atoms with Gasteiger partial charge in [-0.1, -0.05) is 6.07 Å². The summed E-state index contributed by atoms with van der Waals surface area (Å²) >= 11 is 0. The molecule has 0 saturated carbocycles. The molecule has 0 amide bonds. The van der Waals surface area contributed by atoms with Crippen LogP contribution in [0.5, 0.6) is 0 Å². The van der Waals surface area contributed by atoms with E-state index in [1.165, 1.54) is 12.3 Å². The van der Waals surface area contributed by atoms with Gasteiger partial charge >= 0.3 is 0 Å². The summed E-state index contributed by atoms with van der Waals surface area (Å²) in [7, 11) is -1.54. The number of aromatic nitrogens is 1. The standard InChI is InChI=1S/C12H19N3O3S/c1-15-6-4-11(5-7-15)14-19(17,18)12-3-2-10(9-16)8-13-12/h2-3,8,11,14,16H,4-7,9H2,1H3. The second-order valence-electron chi connectivity index (χ2n) is 4.86. The van der Waals surface area contributed by atoms with Crippen LogP contribution in [0, 0.1) is 0 Å². The van der Waals surface area contributed by atoms with Gasteiger partial charge in [0.15, 0.2) is 5.03 Å². The Labute approximate surface area is 113 Å². The van der Waals surface area contributed by atoms with Crippen LogP contribution in [0.1, 0.15) is 18.4 Å². The average molecular weight is 285 g/mol. The Balaban J connectivity index is 2.05. The zero-order valence-corrected chi connectivity index (χ0v) is 11.7. The molecule has 1 aliphatic rings. The molecule has 0 unspecified atom stereocenters. The lowest BCUT2D eigenvalue weighted by atomic mass is 10.1. The number of aliphatic hydroxyl groups excluding tert-OH is 1. The molecule has 1 aromatic rings. The van der Waals surface area contributed by atoms with E-state index in [0.717, 1.165) is 25.9 Å². The van der Waals surface area contributed by atoms with Crippen molar-refractivity contribution in [2.75, 3.05) is 20.1 Å². The van der Waals surface area contributed by atoms with Gasteiger partial charge in [0.05, 0.1) is 6.61 Å². The molecular formula is C12H19N3O3S. The van der Waals surface area contributed by atoms with Gasteiger partial charge in [-0.2, -0.15) is 0 Å². The molecule has 0 atom stereocenters. The van der Waals surface area contributed by atoms with Gasteiger partial charge in [0.1, 0.15) is 0 Å². The van der Waals surface area contributed by atoms with E-state index in [4.69, 9.17) is 5.11 Å². The summed E-state index contributed by atoms with van der Waals surface area (Å²) in [5, 5.41) is 8.91. The van der Waals surface area contributed by atoms with E-state index in [9.17, 15) is 8.42 Å². The van der Waals surface area contributed by atoms with E-state index in [1.54, 1.807) is 6.07 Å². The second kappa shape index (κ2) is 5.96. The number of aliphatic hydroxyl groups is 1.